The van der Waals surface area contributed by atoms with E-state index in [1.807, 2.05) is 24.3 Å². The van der Waals surface area contributed by atoms with E-state index in [1.54, 1.807) is 13.2 Å². The van der Waals surface area contributed by atoms with Gasteiger partial charge in [0.15, 0.2) is 0 Å². The van der Waals surface area contributed by atoms with Gasteiger partial charge in [-0.15, -0.1) is 0 Å². The fourth-order valence-electron chi connectivity index (χ4n) is 3.68. The first-order valence-corrected chi connectivity index (χ1v) is 9.55. The second kappa shape index (κ2) is 9.51. The maximum absolute atomic E-state index is 13.3. The summed E-state index contributed by atoms with van der Waals surface area (Å²) in [6.07, 6.45) is 3.24. The fraction of sp³-hybridized carbons (Fsp3) is 0.409. The molecule has 1 aliphatic rings. The first-order valence-electron chi connectivity index (χ1n) is 9.55. The first-order chi connectivity index (χ1) is 13.2. The van der Waals surface area contributed by atoms with Crippen LogP contribution in [0.1, 0.15) is 36.4 Å². The second-order valence-corrected chi connectivity index (χ2v) is 6.93. The third-order valence-corrected chi connectivity index (χ3v) is 5.10. The van der Waals surface area contributed by atoms with Crippen molar-refractivity contribution in [1.29, 1.82) is 0 Å². The van der Waals surface area contributed by atoms with Crippen molar-refractivity contribution in [1.82, 2.24) is 10.2 Å². The van der Waals surface area contributed by atoms with Gasteiger partial charge in [-0.2, -0.15) is 0 Å². The number of halogens is 1. The van der Waals surface area contributed by atoms with Crippen LogP contribution in [-0.4, -0.2) is 37.6 Å². The molecule has 1 fully saturated rings. The largest absolute Gasteiger partial charge is 0.496 e. The van der Waals surface area contributed by atoms with Crippen LogP contribution >= 0.6 is 0 Å². The molecule has 1 N–H and O–H groups in total. The third-order valence-electron chi connectivity index (χ3n) is 5.10. The van der Waals surface area contributed by atoms with Gasteiger partial charge in [0.25, 0.3) is 0 Å². The number of amides is 1. The summed E-state index contributed by atoms with van der Waals surface area (Å²) < 4.78 is 18.8. The van der Waals surface area contributed by atoms with Crippen LogP contribution in [0.15, 0.2) is 48.5 Å². The van der Waals surface area contributed by atoms with Crippen LogP contribution in [-0.2, 0) is 11.2 Å². The molecule has 1 saturated heterocycles. The summed E-state index contributed by atoms with van der Waals surface area (Å²) in [4.78, 5) is 14.8. The number of carbonyl (C=O) groups is 1. The normalized spacial score (nSPS) is 15.5. The van der Waals surface area contributed by atoms with E-state index in [-0.39, 0.29) is 17.8 Å². The van der Waals surface area contributed by atoms with Crippen molar-refractivity contribution in [2.45, 2.75) is 31.7 Å². The molecule has 144 valence electrons. The number of nitrogens with one attached hydrogen (secondary N) is 1. The van der Waals surface area contributed by atoms with Gasteiger partial charge in [-0.3, -0.25) is 9.69 Å². The van der Waals surface area contributed by atoms with Crippen molar-refractivity contribution in [2.75, 3.05) is 26.7 Å². The highest BCUT2D eigenvalue weighted by molar-refractivity contribution is 5.76. The van der Waals surface area contributed by atoms with Gasteiger partial charge in [0.1, 0.15) is 11.6 Å². The lowest BCUT2D eigenvalue weighted by atomic mass is 10.0. The Kier molecular flexibility index (Phi) is 6.82. The molecule has 0 saturated carbocycles. The first kappa shape index (κ1) is 19.4. The predicted octanol–water partition coefficient (Wildman–Crippen LogP) is 3.72. The number of hydrogen-bond donors (Lipinski definition) is 1. The molecule has 1 amide bonds. The molecular weight excluding hydrogens is 343 g/mol. The Hall–Kier alpha value is -2.40. The van der Waals surface area contributed by atoms with Gasteiger partial charge in [0.05, 0.1) is 13.2 Å². The molecule has 3 rings (SSSR count). The average Bonchev–Trinajstić information content (AvgIpc) is 3.21. The molecule has 2 aromatic carbocycles. The molecular formula is C22H27FN2O2. The minimum atomic E-state index is -0.266. The minimum Gasteiger partial charge on any atom is -0.496 e. The predicted molar refractivity (Wildman–Crippen MR) is 104 cm³/mol. The quantitative estimate of drug-likeness (QED) is 0.770. The lowest BCUT2D eigenvalue weighted by molar-refractivity contribution is -0.121. The number of para-hydroxylation sites is 1. The molecule has 27 heavy (non-hydrogen) atoms. The van der Waals surface area contributed by atoms with Crippen LogP contribution in [0.4, 0.5) is 4.39 Å². The summed E-state index contributed by atoms with van der Waals surface area (Å²) >= 11 is 0. The lowest BCUT2D eigenvalue weighted by Crippen LogP contribution is -2.37. The Bertz CT molecular complexity index is 759. The molecule has 5 heteroatoms. The molecule has 0 aromatic heterocycles. The van der Waals surface area contributed by atoms with Crippen LogP contribution in [0.2, 0.25) is 0 Å². The summed E-state index contributed by atoms with van der Waals surface area (Å²) in [5, 5.41) is 3.06. The van der Waals surface area contributed by atoms with Gasteiger partial charge in [0.2, 0.25) is 5.91 Å². The summed E-state index contributed by atoms with van der Waals surface area (Å²) in [6, 6.07) is 14.5. The number of benzene rings is 2. The minimum absolute atomic E-state index is 0.0154. The van der Waals surface area contributed by atoms with Crippen LogP contribution in [0.25, 0.3) is 0 Å². The van der Waals surface area contributed by atoms with E-state index >= 15 is 0 Å². The Balaban J connectivity index is 1.61. The van der Waals surface area contributed by atoms with Crippen LogP contribution in [0.3, 0.4) is 0 Å². The standard InChI is InChI=1S/C22H27FN2O2/c1-27-21-10-3-2-9-19(21)20(25-13-4-5-14-25)16-24-22(26)12-11-17-7-6-8-18(23)15-17/h2-3,6-10,15,20H,4-5,11-14,16H2,1H3,(H,24,26). The summed E-state index contributed by atoms with van der Waals surface area (Å²) in [7, 11) is 1.68. The zero-order chi connectivity index (χ0) is 19.1. The Morgan fingerprint density at radius 3 is 2.70 bits per heavy atom. The molecule has 1 aliphatic heterocycles. The van der Waals surface area contributed by atoms with Gasteiger partial charge >= 0.3 is 0 Å². The van der Waals surface area contributed by atoms with Gasteiger partial charge in [0, 0.05) is 18.5 Å². The van der Waals surface area contributed by atoms with E-state index in [0.717, 1.165) is 30.0 Å². The number of methoxy groups -OCH3 is 1. The number of carbonyl (C=O) groups excluding carboxylic acids is 1. The average molecular weight is 370 g/mol. The van der Waals surface area contributed by atoms with E-state index in [1.165, 1.54) is 25.0 Å². The van der Waals surface area contributed by atoms with E-state index in [9.17, 15) is 9.18 Å². The van der Waals surface area contributed by atoms with E-state index in [2.05, 4.69) is 16.3 Å². The number of nitrogens with zero attached hydrogens (tertiary/aromatic N) is 1. The van der Waals surface area contributed by atoms with Gasteiger partial charge in [-0.25, -0.2) is 4.39 Å². The number of hydrogen-bond acceptors (Lipinski definition) is 3. The molecule has 1 heterocycles. The van der Waals surface area contributed by atoms with Crippen LogP contribution < -0.4 is 10.1 Å². The van der Waals surface area contributed by atoms with Crippen LogP contribution in [0.5, 0.6) is 5.75 Å². The van der Waals surface area contributed by atoms with Crippen LogP contribution in [0, 0.1) is 5.82 Å². The fourth-order valence-corrected chi connectivity index (χ4v) is 3.68. The summed E-state index contributed by atoms with van der Waals surface area (Å²) in [5.41, 5.74) is 1.94. The highest BCUT2D eigenvalue weighted by Crippen LogP contribution is 2.31. The molecule has 2 aromatic rings. The van der Waals surface area contributed by atoms with Crippen molar-refractivity contribution in [3.8, 4) is 5.75 Å². The SMILES string of the molecule is COc1ccccc1C(CNC(=O)CCc1cccc(F)c1)N1CCCC1. The van der Waals surface area contributed by atoms with E-state index in [4.69, 9.17) is 4.74 Å². The summed E-state index contributed by atoms with van der Waals surface area (Å²) in [5.74, 6) is 0.569. The topological polar surface area (TPSA) is 41.6 Å². The van der Waals surface area contributed by atoms with E-state index < -0.39 is 0 Å². The zero-order valence-corrected chi connectivity index (χ0v) is 15.8. The monoisotopic (exact) mass is 370 g/mol. The Morgan fingerprint density at radius 1 is 1.19 bits per heavy atom. The molecule has 0 bridgehead atoms. The van der Waals surface area contributed by atoms with Crippen molar-refractivity contribution in [2.24, 2.45) is 0 Å². The molecule has 1 unspecified atom stereocenters. The number of rotatable bonds is 8. The third kappa shape index (κ3) is 5.30. The van der Waals surface area contributed by atoms with Crippen molar-refractivity contribution < 1.29 is 13.9 Å². The molecule has 1 atom stereocenters. The zero-order valence-electron chi connectivity index (χ0n) is 15.8. The van der Waals surface area contributed by atoms with Crippen molar-refractivity contribution >= 4 is 5.91 Å². The maximum atomic E-state index is 13.3. The number of likely N-dealkylation sites (tertiary alicyclic amines) is 1. The smallest absolute Gasteiger partial charge is 0.220 e. The highest BCUT2D eigenvalue weighted by atomic mass is 19.1. The van der Waals surface area contributed by atoms with Crippen molar-refractivity contribution in [3.05, 3.63) is 65.5 Å². The molecule has 0 spiro atoms. The number of aryl methyl sites for hydroxylation is 1. The molecule has 0 radical (unpaired) electrons. The lowest BCUT2D eigenvalue weighted by Gasteiger charge is -2.29. The van der Waals surface area contributed by atoms with Gasteiger partial charge < -0.3 is 10.1 Å². The summed E-state index contributed by atoms with van der Waals surface area (Å²) in [6.45, 7) is 2.60. The van der Waals surface area contributed by atoms with Crippen molar-refractivity contribution in [3.63, 3.8) is 0 Å². The second-order valence-electron chi connectivity index (χ2n) is 6.93. The molecule has 4 nitrogen and oxygen atoms in total. The Morgan fingerprint density at radius 2 is 1.96 bits per heavy atom. The molecule has 0 aliphatic carbocycles. The maximum Gasteiger partial charge on any atom is 0.220 e. The van der Waals surface area contributed by atoms with Gasteiger partial charge in [-0.05, 0) is 56.1 Å². The Labute approximate surface area is 160 Å². The van der Waals surface area contributed by atoms with E-state index in [0.29, 0.717) is 19.4 Å². The number of ether oxygens (including phenoxy) is 1. The highest BCUT2D eigenvalue weighted by Gasteiger charge is 2.26. The van der Waals surface area contributed by atoms with Gasteiger partial charge in [-0.1, -0.05) is 30.3 Å².